The number of aryl methyl sites for hydroxylation is 1. The summed E-state index contributed by atoms with van der Waals surface area (Å²) in [5.41, 5.74) is 2.21. The zero-order valence-corrected chi connectivity index (χ0v) is 12.2. The number of aliphatic hydroxyl groups is 2. The monoisotopic (exact) mass is 275 g/mol. The van der Waals surface area contributed by atoms with Gasteiger partial charge in [-0.1, -0.05) is 17.9 Å². The molecule has 0 saturated carbocycles. The van der Waals surface area contributed by atoms with Crippen molar-refractivity contribution in [1.29, 1.82) is 0 Å². The predicted octanol–water partition coefficient (Wildman–Crippen LogP) is 1.18. The first kappa shape index (κ1) is 16.2. The number of carbonyl (C=O) groups is 1. The number of amides is 1. The summed E-state index contributed by atoms with van der Waals surface area (Å²) in [6.45, 7) is 3.62. The Balaban J connectivity index is 3.03. The summed E-state index contributed by atoms with van der Waals surface area (Å²) in [7, 11) is 1.67. The Morgan fingerprint density at radius 2 is 2.10 bits per heavy atom. The average molecular weight is 275 g/mol. The van der Waals surface area contributed by atoms with Crippen molar-refractivity contribution in [2.75, 3.05) is 20.3 Å². The lowest BCUT2D eigenvalue weighted by molar-refractivity contribution is 0.0681. The fraction of sp³-hybridized carbons (Fsp3) is 0.438. The molecule has 0 bridgehead atoms. The quantitative estimate of drug-likeness (QED) is 0.811. The average Bonchev–Trinajstić information content (AvgIpc) is 2.46. The molecule has 108 valence electrons. The molecule has 0 aliphatic heterocycles. The second-order valence-electron chi connectivity index (χ2n) is 4.75. The van der Waals surface area contributed by atoms with Crippen LogP contribution in [-0.2, 0) is 0 Å². The van der Waals surface area contributed by atoms with Crippen molar-refractivity contribution >= 4 is 5.91 Å². The van der Waals surface area contributed by atoms with E-state index in [2.05, 4.69) is 11.8 Å². The van der Waals surface area contributed by atoms with Gasteiger partial charge in [-0.15, -0.1) is 0 Å². The Bertz CT molecular complexity index is 528. The minimum Gasteiger partial charge on any atom is -0.395 e. The molecular formula is C16H21NO3. The van der Waals surface area contributed by atoms with E-state index in [-0.39, 0.29) is 25.2 Å². The lowest BCUT2D eigenvalue weighted by atomic mass is 10.0. The molecule has 1 amide bonds. The number of benzene rings is 1. The third-order valence-electron chi connectivity index (χ3n) is 3.18. The Kier molecular flexibility index (Phi) is 6.23. The van der Waals surface area contributed by atoms with Crippen LogP contribution in [0.1, 0.15) is 34.8 Å². The zero-order chi connectivity index (χ0) is 15.1. The molecule has 0 saturated heterocycles. The van der Waals surface area contributed by atoms with Crippen molar-refractivity contribution in [3.8, 4) is 11.8 Å². The predicted molar refractivity (Wildman–Crippen MR) is 78.4 cm³/mol. The first-order valence-corrected chi connectivity index (χ1v) is 6.59. The van der Waals surface area contributed by atoms with Gasteiger partial charge in [0.1, 0.15) is 0 Å². The van der Waals surface area contributed by atoms with Crippen LogP contribution in [0.4, 0.5) is 0 Å². The summed E-state index contributed by atoms with van der Waals surface area (Å²) < 4.78 is 0. The van der Waals surface area contributed by atoms with Gasteiger partial charge in [-0.25, -0.2) is 0 Å². The number of hydrogen-bond acceptors (Lipinski definition) is 3. The van der Waals surface area contributed by atoms with E-state index in [1.165, 1.54) is 4.90 Å². The Hall–Kier alpha value is -1.83. The molecule has 0 aliphatic carbocycles. The molecular weight excluding hydrogens is 254 g/mol. The maximum Gasteiger partial charge on any atom is 0.254 e. The van der Waals surface area contributed by atoms with Gasteiger partial charge >= 0.3 is 0 Å². The minimum absolute atomic E-state index is 0.0292. The first-order valence-electron chi connectivity index (χ1n) is 6.59. The van der Waals surface area contributed by atoms with E-state index in [0.29, 0.717) is 12.0 Å². The molecule has 0 aliphatic rings. The fourth-order valence-electron chi connectivity index (χ4n) is 1.66. The molecule has 1 aromatic rings. The van der Waals surface area contributed by atoms with Crippen LogP contribution in [0.3, 0.4) is 0 Å². The topological polar surface area (TPSA) is 60.8 Å². The Labute approximate surface area is 120 Å². The van der Waals surface area contributed by atoms with Gasteiger partial charge in [-0.05, 0) is 31.5 Å². The molecule has 1 unspecified atom stereocenters. The standard InChI is InChI=1S/C16H21NO3/c1-12-7-8-14(6-4-5-9-18)10-15(12)16(20)17(3)13(2)11-19/h7-8,10,13,18-19H,5,9,11H2,1-3H3. The van der Waals surface area contributed by atoms with E-state index in [0.717, 1.165) is 11.1 Å². The first-order chi connectivity index (χ1) is 9.51. The molecule has 1 rings (SSSR count). The molecule has 0 fully saturated rings. The molecule has 1 atom stereocenters. The summed E-state index contributed by atoms with van der Waals surface area (Å²) >= 11 is 0. The lowest BCUT2D eigenvalue weighted by Crippen LogP contribution is -2.37. The highest BCUT2D eigenvalue weighted by atomic mass is 16.3. The van der Waals surface area contributed by atoms with Crippen molar-refractivity contribution < 1.29 is 15.0 Å². The van der Waals surface area contributed by atoms with Crippen LogP contribution >= 0.6 is 0 Å². The van der Waals surface area contributed by atoms with Crippen molar-refractivity contribution in [1.82, 2.24) is 4.90 Å². The normalized spacial score (nSPS) is 11.4. The van der Waals surface area contributed by atoms with Gasteiger partial charge in [0.15, 0.2) is 0 Å². The number of hydrogen-bond donors (Lipinski definition) is 2. The molecule has 1 aromatic carbocycles. The molecule has 0 heterocycles. The summed E-state index contributed by atoms with van der Waals surface area (Å²) in [6, 6.07) is 5.23. The van der Waals surface area contributed by atoms with E-state index in [1.807, 2.05) is 19.1 Å². The maximum atomic E-state index is 12.4. The number of nitrogens with zero attached hydrogens (tertiary/aromatic N) is 1. The highest BCUT2D eigenvalue weighted by Gasteiger charge is 2.18. The molecule has 0 radical (unpaired) electrons. The molecule has 2 N–H and O–H groups in total. The Morgan fingerprint density at radius 1 is 1.40 bits per heavy atom. The lowest BCUT2D eigenvalue weighted by Gasteiger charge is -2.24. The Morgan fingerprint density at radius 3 is 2.70 bits per heavy atom. The number of aliphatic hydroxyl groups excluding tert-OH is 2. The summed E-state index contributed by atoms with van der Waals surface area (Å²) in [5, 5.41) is 17.8. The van der Waals surface area contributed by atoms with Crippen molar-refractivity contribution in [2.24, 2.45) is 0 Å². The van der Waals surface area contributed by atoms with E-state index in [4.69, 9.17) is 10.2 Å². The van der Waals surface area contributed by atoms with Crippen LogP contribution in [0.15, 0.2) is 18.2 Å². The van der Waals surface area contributed by atoms with E-state index >= 15 is 0 Å². The van der Waals surface area contributed by atoms with E-state index in [1.54, 1.807) is 20.0 Å². The van der Waals surface area contributed by atoms with E-state index < -0.39 is 0 Å². The molecule has 20 heavy (non-hydrogen) atoms. The smallest absolute Gasteiger partial charge is 0.254 e. The van der Waals surface area contributed by atoms with Gasteiger partial charge in [0.05, 0.1) is 19.3 Å². The van der Waals surface area contributed by atoms with Crippen LogP contribution < -0.4 is 0 Å². The second-order valence-corrected chi connectivity index (χ2v) is 4.75. The summed E-state index contributed by atoms with van der Waals surface area (Å²) in [4.78, 5) is 13.9. The molecule has 0 aromatic heterocycles. The van der Waals surface area contributed by atoms with Gasteiger partial charge in [0.25, 0.3) is 5.91 Å². The van der Waals surface area contributed by atoms with Gasteiger partial charge < -0.3 is 15.1 Å². The van der Waals surface area contributed by atoms with Crippen LogP contribution in [-0.4, -0.2) is 47.3 Å². The third kappa shape index (κ3) is 4.09. The molecule has 0 spiro atoms. The van der Waals surface area contributed by atoms with Crippen LogP contribution in [0.2, 0.25) is 0 Å². The van der Waals surface area contributed by atoms with Crippen LogP contribution in [0.25, 0.3) is 0 Å². The zero-order valence-electron chi connectivity index (χ0n) is 12.2. The highest BCUT2D eigenvalue weighted by Crippen LogP contribution is 2.14. The van der Waals surface area contributed by atoms with Crippen molar-refractivity contribution in [2.45, 2.75) is 26.3 Å². The summed E-state index contributed by atoms with van der Waals surface area (Å²) in [5.74, 6) is 5.63. The number of likely N-dealkylation sites (N-methyl/N-ethyl adjacent to an activating group) is 1. The highest BCUT2D eigenvalue weighted by molar-refractivity contribution is 5.96. The van der Waals surface area contributed by atoms with E-state index in [9.17, 15) is 4.79 Å². The van der Waals surface area contributed by atoms with Crippen molar-refractivity contribution in [3.63, 3.8) is 0 Å². The fourth-order valence-corrected chi connectivity index (χ4v) is 1.66. The van der Waals surface area contributed by atoms with Crippen molar-refractivity contribution in [3.05, 3.63) is 34.9 Å². The SMILES string of the molecule is Cc1ccc(C#CCCO)cc1C(=O)N(C)C(C)CO. The summed E-state index contributed by atoms with van der Waals surface area (Å²) in [6.07, 6.45) is 0.415. The largest absolute Gasteiger partial charge is 0.395 e. The van der Waals surface area contributed by atoms with Gasteiger partial charge in [0, 0.05) is 24.6 Å². The van der Waals surface area contributed by atoms with Gasteiger partial charge in [-0.3, -0.25) is 4.79 Å². The molecule has 4 nitrogen and oxygen atoms in total. The van der Waals surface area contributed by atoms with Crippen LogP contribution in [0.5, 0.6) is 0 Å². The molecule has 4 heteroatoms. The van der Waals surface area contributed by atoms with Gasteiger partial charge in [0.2, 0.25) is 0 Å². The minimum atomic E-state index is -0.231. The van der Waals surface area contributed by atoms with Crippen LogP contribution in [0, 0.1) is 18.8 Å². The second kappa shape index (κ2) is 7.68. The van der Waals surface area contributed by atoms with Gasteiger partial charge in [-0.2, -0.15) is 0 Å². The maximum absolute atomic E-state index is 12.4. The third-order valence-corrected chi connectivity index (χ3v) is 3.18. The number of rotatable bonds is 4. The number of carbonyl (C=O) groups excluding carboxylic acids is 1.